The molecule has 0 saturated heterocycles. The third kappa shape index (κ3) is 6.71. The summed E-state index contributed by atoms with van der Waals surface area (Å²) in [4.78, 5) is 0. The largest absolute Gasteiger partial charge is 0.498 e. The van der Waals surface area contributed by atoms with Crippen LogP contribution >= 0.6 is 0 Å². The third-order valence-corrected chi connectivity index (χ3v) is 7.89. The van der Waals surface area contributed by atoms with Crippen molar-refractivity contribution in [2.45, 2.75) is 62.2 Å². The minimum absolute atomic E-state index is 0.650. The van der Waals surface area contributed by atoms with Crippen molar-refractivity contribution in [3.8, 4) is 12.1 Å². The summed E-state index contributed by atoms with van der Waals surface area (Å²) in [7, 11) is 0. The first kappa shape index (κ1) is 28.5. The molecular weight excluding hydrogens is 492 g/mol. The van der Waals surface area contributed by atoms with Gasteiger partial charge in [0.15, 0.2) is 10.8 Å². The lowest BCUT2D eigenvalue weighted by atomic mass is 9.72. The molecule has 0 aliphatic rings. The highest BCUT2D eigenvalue weighted by Crippen LogP contribution is 2.39. The highest BCUT2D eigenvalue weighted by Gasteiger charge is 2.39. The van der Waals surface area contributed by atoms with Gasteiger partial charge in [0, 0.05) is 10.0 Å². The fourth-order valence-electron chi connectivity index (χ4n) is 5.81. The molecule has 0 unspecified atom stereocenters. The number of unbranched alkanes of at least 4 members (excludes halogenated alkanes) is 5. The summed E-state index contributed by atoms with van der Waals surface area (Å²) >= 11 is 0. The molecule has 0 aromatic heterocycles. The maximum atomic E-state index is 11.5. The predicted molar refractivity (Wildman–Crippen MR) is 165 cm³/mol. The molecule has 4 rings (SSSR count). The van der Waals surface area contributed by atoms with E-state index >= 15 is 0 Å². The highest BCUT2D eigenvalue weighted by molar-refractivity contribution is 5.48. The standard InChI is InChI=1S/C36H36N2O2/c39-37-29-35(31-19-9-5-10-20-31,32-21-11-6-12-22-32)27-17-3-1-2-4-18-28-36(30-38-40,33-23-13-7-14-24-33)34-25-15-8-16-26-34/h5-16,19-26H,1-4,17-18,27-28H2. The number of nitrogens with zero attached hydrogens (tertiary/aromatic N) is 2. The summed E-state index contributed by atoms with van der Waals surface area (Å²) in [6.45, 7) is 0. The van der Waals surface area contributed by atoms with Crippen LogP contribution in [0.2, 0.25) is 0 Å². The maximum absolute atomic E-state index is 11.5. The van der Waals surface area contributed by atoms with Crippen molar-refractivity contribution in [1.82, 2.24) is 0 Å². The van der Waals surface area contributed by atoms with Gasteiger partial charge in [-0.15, -0.1) is 0 Å². The quantitative estimate of drug-likeness (QED) is 0.128. The minimum Gasteiger partial charge on any atom is -0.498 e. The summed E-state index contributed by atoms with van der Waals surface area (Å²) in [6.07, 6.45) is 7.76. The highest BCUT2D eigenvalue weighted by atomic mass is 16.4. The molecule has 0 radical (unpaired) electrons. The Labute approximate surface area is 238 Å². The van der Waals surface area contributed by atoms with Crippen LogP contribution in [0.15, 0.2) is 121 Å². The molecule has 0 bridgehead atoms. The average molecular weight is 529 g/mol. The van der Waals surface area contributed by atoms with E-state index in [2.05, 4.69) is 70.7 Å². The molecule has 0 saturated carbocycles. The zero-order valence-corrected chi connectivity index (χ0v) is 22.9. The van der Waals surface area contributed by atoms with Crippen LogP contribution in [0.3, 0.4) is 0 Å². The lowest BCUT2D eigenvalue weighted by Crippen LogP contribution is -2.26. The van der Waals surface area contributed by atoms with Gasteiger partial charge >= 0.3 is 12.1 Å². The normalized spacial score (nSPS) is 11.1. The van der Waals surface area contributed by atoms with Gasteiger partial charge in [0.2, 0.25) is 0 Å². The molecule has 0 aliphatic carbocycles. The van der Waals surface area contributed by atoms with Crippen molar-refractivity contribution >= 4 is 0 Å². The Hall–Kier alpha value is -4.54. The van der Waals surface area contributed by atoms with Crippen LogP contribution in [-0.4, -0.2) is 0 Å². The van der Waals surface area contributed by atoms with E-state index in [0.29, 0.717) is 0 Å². The van der Waals surface area contributed by atoms with E-state index in [1.807, 2.05) is 72.8 Å². The Morgan fingerprint density at radius 1 is 0.400 bits per heavy atom. The zero-order valence-electron chi connectivity index (χ0n) is 22.9. The number of hydrogen-bond donors (Lipinski definition) is 0. The van der Waals surface area contributed by atoms with E-state index in [1.165, 1.54) is 0 Å². The van der Waals surface area contributed by atoms with Crippen LogP contribution in [0, 0.1) is 22.6 Å². The summed E-state index contributed by atoms with van der Waals surface area (Å²) in [5, 5.41) is 29.3. The molecule has 4 heteroatoms. The molecule has 0 atom stereocenters. The molecule has 0 N–H and O–H groups in total. The van der Waals surface area contributed by atoms with Gasteiger partial charge in [0.25, 0.3) is 0 Å². The fourth-order valence-corrected chi connectivity index (χ4v) is 5.81. The number of hydrogen-bond acceptors (Lipinski definition) is 2. The summed E-state index contributed by atoms with van der Waals surface area (Å²) < 4.78 is 0. The smallest absolute Gasteiger partial charge is 0.314 e. The van der Waals surface area contributed by atoms with Gasteiger partial charge in [-0.25, -0.2) is 0 Å². The molecule has 4 aromatic carbocycles. The topological polar surface area (TPSA) is 54.8 Å². The maximum Gasteiger partial charge on any atom is 0.314 e. The SMILES string of the molecule is [O-][N+]#CC(CCCCCCCCC(C#[N+][O-])(c1ccccc1)c1ccccc1)(c1ccccc1)c1ccccc1. The van der Waals surface area contributed by atoms with E-state index in [1.54, 1.807) is 0 Å². The average Bonchev–Trinajstić information content (AvgIpc) is 3.03. The van der Waals surface area contributed by atoms with Crippen LogP contribution in [-0.2, 0) is 10.8 Å². The first-order chi connectivity index (χ1) is 19.7. The van der Waals surface area contributed by atoms with Crippen molar-refractivity contribution < 1.29 is 0 Å². The Bertz CT molecular complexity index is 1230. The second-order valence-corrected chi connectivity index (χ2v) is 10.3. The Balaban J connectivity index is 1.36. The van der Waals surface area contributed by atoms with Crippen molar-refractivity contribution in [3.63, 3.8) is 0 Å². The van der Waals surface area contributed by atoms with E-state index < -0.39 is 10.8 Å². The van der Waals surface area contributed by atoms with Gasteiger partial charge in [-0.1, -0.05) is 160 Å². The molecule has 4 nitrogen and oxygen atoms in total. The van der Waals surface area contributed by atoms with E-state index in [-0.39, 0.29) is 0 Å². The van der Waals surface area contributed by atoms with Gasteiger partial charge in [-0.05, 0) is 35.1 Å². The van der Waals surface area contributed by atoms with Crippen molar-refractivity contribution in [2.24, 2.45) is 0 Å². The molecule has 0 heterocycles. The number of rotatable bonds is 13. The molecule has 0 fully saturated rings. The monoisotopic (exact) mass is 528 g/mol. The van der Waals surface area contributed by atoms with E-state index in [4.69, 9.17) is 0 Å². The van der Waals surface area contributed by atoms with Crippen LogP contribution < -0.4 is 0 Å². The summed E-state index contributed by atoms with van der Waals surface area (Å²) in [5.74, 6) is 0. The van der Waals surface area contributed by atoms with Crippen molar-refractivity contribution in [1.29, 1.82) is 0 Å². The molecule has 40 heavy (non-hydrogen) atoms. The van der Waals surface area contributed by atoms with Crippen LogP contribution in [0.4, 0.5) is 0 Å². The van der Waals surface area contributed by atoms with Gasteiger partial charge in [0.1, 0.15) is 0 Å². The minimum atomic E-state index is -0.650. The second-order valence-electron chi connectivity index (χ2n) is 10.3. The zero-order chi connectivity index (χ0) is 27.9. The lowest BCUT2D eigenvalue weighted by Gasteiger charge is -2.25. The first-order valence-electron chi connectivity index (χ1n) is 14.2. The van der Waals surface area contributed by atoms with E-state index in [0.717, 1.165) is 73.6 Å². The summed E-state index contributed by atoms with van der Waals surface area (Å²) in [6, 6.07) is 46.2. The summed E-state index contributed by atoms with van der Waals surface area (Å²) in [5.41, 5.74) is 2.85. The molecule has 0 spiro atoms. The predicted octanol–water partition coefficient (Wildman–Crippen LogP) is 9.74. The molecule has 0 aliphatic heterocycles. The van der Waals surface area contributed by atoms with Crippen LogP contribution in [0.25, 0.3) is 10.0 Å². The molecular formula is C36H36N2O2. The second kappa shape index (κ2) is 14.6. The van der Waals surface area contributed by atoms with Gasteiger partial charge in [-0.2, -0.15) is 0 Å². The molecule has 202 valence electrons. The number of benzene rings is 4. The Kier molecular flexibility index (Phi) is 10.4. The Morgan fingerprint density at radius 2 is 0.650 bits per heavy atom. The van der Waals surface area contributed by atoms with Gasteiger partial charge in [-0.3, -0.25) is 0 Å². The van der Waals surface area contributed by atoms with Crippen LogP contribution in [0.1, 0.15) is 73.6 Å². The van der Waals surface area contributed by atoms with Crippen molar-refractivity contribution in [3.05, 3.63) is 164 Å². The third-order valence-electron chi connectivity index (χ3n) is 7.89. The van der Waals surface area contributed by atoms with E-state index in [9.17, 15) is 10.4 Å². The van der Waals surface area contributed by atoms with Gasteiger partial charge < -0.3 is 10.4 Å². The fraction of sp³-hybridized carbons (Fsp3) is 0.278. The first-order valence-corrected chi connectivity index (χ1v) is 14.2. The lowest BCUT2D eigenvalue weighted by molar-refractivity contribution is 0.497. The molecule has 0 amide bonds. The van der Waals surface area contributed by atoms with Crippen LogP contribution in [0.5, 0.6) is 0 Å². The van der Waals surface area contributed by atoms with Crippen molar-refractivity contribution in [2.75, 3.05) is 0 Å². The Morgan fingerprint density at radius 3 is 0.900 bits per heavy atom. The van der Waals surface area contributed by atoms with Gasteiger partial charge in [0.05, 0.1) is 0 Å². The molecule has 4 aromatic rings.